The Hall–Kier alpha value is -0.740. The molecule has 0 bridgehead atoms. The van der Waals surface area contributed by atoms with E-state index in [9.17, 15) is 0 Å². The lowest BCUT2D eigenvalue weighted by Crippen LogP contribution is -2.38. The van der Waals surface area contributed by atoms with Crippen LogP contribution in [0.1, 0.15) is 47.0 Å². The molecular weight excluding hydrogens is 194 g/mol. The molecule has 0 amide bonds. The van der Waals surface area contributed by atoms with E-state index in [2.05, 4.69) is 50.7 Å². The Morgan fingerprint density at radius 3 is 2.38 bits per heavy atom. The zero-order chi connectivity index (χ0) is 12.4. The van der Waals surface area contributed by atoms with Gasteiger partial charge in [-0.2, -0.15) is 0 Å². The molecule has 0 aliphatic heterocycles. The van der Waals surface area contributed by atoms with Gasteiger partial charge in [0.15, 0.2) is 0 Å². The number of nitrogens with zero attached hydrogens (tertiary/aromatic N) is 1. The lowest BCUT2D eigenvalue weighted by molar-refractivity contribution is 0.174. The third kappa shape index (κ3) is 5.98. The number of hydrogen-bond donors (Lipinski definition) is 0. The third-order valence-electron chi connectivity index (χ3n) is 3.02. The number of likely N-dealkylation sites (N-methyl/N-ethyl adjacent to an activating group) is 1. The van der Waals surface area contributed by atoms with Crippen molar-refractivity contribution >= 4 is 0 Å². The molecule has 0 saturated heterocycles. The molecule has 0 aromatic carbocycles. The van der Waals surface area contributed by atoms with Crippen LogP contribution in [-0.2, 0) is 0 Å². The van der Waals surface area contributed by atoms with E-state index in [1.54, 1.807) is 0 Å². The zero-order valence-corrected chi connectivity index (χ0v) is 11.4. The normalized spacial score (nSPS) is 13.6. The maximum absolute atomic E-state index is 5.21. The van der Waals surface area contributed by atoms with Crippen molar-refractivity contribution in [1.29, 1.82) is 0 Å². The largest absolute Gasteiger partial charge is 0.297 e. The van der Waals surface area contributed by atoms with Gasteiger partial charge in [-0.15, -0.1) is 12.3 Å². The Labute approximate surface area is 102 Å². The molecule has 0 saturated carbocycles. The van der Waals surface area contributed by atoms with Crippen molar-refractivity contribution in [3.8, 4) is 12.3 Å². The number of terminal acetylenes is 1. The average molecular weight is 221 g/mol. The van der Waals surface area contributed by atoms with Gasteiger partial charge in [0, 0.05) is 19.0 Å². The van der Waals surface area contributed by atoms with E-state index >= 15 is 0 Å². The molecule has 92 valence electrons. The van der Waals surface area contributed by atoms with E-state index in [0.29, 0.717) is 6.04 Å². The molecule has 1 heteroatoms. The summed E-state index contributed by atoms with van der Waals surface area (Å²) >= 11 is 0. The molecule has 0 aliphatic rings. The second-order valence-electron chi connectivity index (χ2n) is 4.52. The highest BCUT2D eigenvalue weighted by atomic mass is 15.1. The predicted octanol–water partition coefficient (Wildman–Crippen LogP) is 3.71. The summed E-state index contributed by atoms with van der Waals surface area (Å²) in [5.41, 5.74) is 0. The highest BCUT2D eigenvalue weighted by molar-refractivity contribution is 4.92. The van der Waals surface area contributed by atoms with Gasteiger partial charge in [-0.25, -0.2) is 0 Å². The summed E-state index contributed by atoms with van der Waals surface area (Å²) in [5.74, 6) is 3.38. The van der Waals surface area contributed by atoms with E-state index in [4.69, 9.17) is 6.42 Å². The van der Waals surface area contributed by atoms with Crippen LogP contribution in [0.25, 0.3) is 0 Å². The van der Waals surface area contributed by atoms with Crippen LogP contribution in [-0.4, -0.2) is 24.0 Å². The first-order chi connectivity index (χ1) is 7.67. The van der Waals surface area contributed by atoms with Crippen LogP contribution in [0.4, 0.5) is 0 Å². The maximum Gasteiger partial charge on any atom is 0.0166 e. The number of hydrogen-bond acceptors (Lipinski definition) is 1. The first kappa shape index (κ1) is 15.3. The van der Waals surface area contributed by atoms with Gasteiger partial charge in [-0.3, -0.25) is 4.90 Å². The molecule has 1 unspecified atom stereocenters. The van der Waals surface area contributed by atoms with Gasteiger partial charge in [-0.1, -0.05) is 39.8 Å². The van der Waals surface area contributed by atoms with Crippen LogP contribution in [0.15, 0.2) is 12.2 Å². The van der Waals surface area contributed by atoms with Crippen molar-refractivity contribution in [2.45, 2.75) is 53.0 Å². The first-order valence-electron chi connectivity index (χ1n) is 6.49. The van der Waals surface area contributed by atoms with Crippen molar-refractivity contribution in [1.82, 2.24) is 4.90 Å². The summed E-state index contributed by atoms with van der Waals surface area (Å²) in [4.78, 5) is 2.54. The molecule has 0 radical (unpaired) electrons. The van der Waals surface area contributed by atoms with Crippen LogP contribution in [0.5, 0.6) is 0 Å². The fourth-order valence-corrected chi connectivity index (χ4v) is 2.14. The molecule has 0 aromatic rings. The van der Waals surface area contributed by atoms with Crippen molar-refractivity contribution in [2.75, 3.05) is 13.1 Å². The van der Waals surface area contributed by atoms with Gasteiger partial charge < -0.3 is 0 Å². The third-order valence-corrected chi connectivity index (χ3v) is 3.02. The van der Waals surface area contributed by atoms with Crippen LogP contribution in [0.2, 0.25) is 0 Å². The molecular formula is C15H27N. The molecule has 0 rings (SSSR count). The summed E-state index contributed by atoms with van der Waals surface area (Å²) in [5, 5.41) is 0. The summed E-state index contributed by atoms with van der Waals surface area (Å²) in [6, 6.07) is 0.697. The van der Waals surface area contributed by atoms with Crippen molar-refractivity contribution in [3.05, 3.63) is 12.2 Å². The molecule has 0 heterocycles. The van der Waals surface area contributed by atoms with E-state index in [1.807, 2.05) is 0 Å². The topological polar surface area (TPSA) is 3.24 Å². The molecule has 1 atom stereocenters. The Balaban J connectivity index is 4.08. The minimum atomic E-state index is 0.697. The second kappa shape index (κ2) is 9.48. The quantitative estimate of drug-likeness (QED) is 0.343. The minimum Gasteiger partial charge on any atom is -0.297 e. The monoisotopic (exact) mass is 221 g/mol. The van der Waals surface area contributed by atoms with Crippen LogP contribution >= 0.6 is 0 Å². The fraction of sp³-hybridized carbons (Fsp3) is 0.733. The average Bonchev–Trinajstić information content (AvgIpc) is 2.26. The Kier molecular flexibility index (Phi) is 9.04. The number of rotatable bonds is 8. The van der Waals surface area contributed by atoms with E-state index < -0.39 is 0 Å². The Bertz CT molecular complexity index is 222. The van der Waals surface area contributed by atoms with Gasteiger partial charge in [0.1, 0.15) is 0 Å². The number of allylic oxidation sites excluding steroid dienone is 1. The molecule has 16 heavy (non-hydrogen) atoms. The molecule has 0 aromatic heterocycles. The summed E-state index contributed by atoms with van der Waals surface area (Å²) in [7, 11) is 0. The van der Waals surface area contributed by atoms with Crippen molar-refractivity contribution in [3.63, 3.8) is 0 Å². The minimum absolute atomic E-state index is 0.697. The van der Waals surface area contributed by atoms with E-state index in [0.717, 1.165) is 31.8 Å². The van der Waals surface area contributed by atoms with Crippen molar-refractivity contribution < 1.29 is 0 Å². The highest BCUT2D eigenvalue weighted by Crippen LogP contribution is 2.14. The Morgan fingerprint density at radius 1 is 1.25 bits per heavy atom. The molecule has 0 aliphatic carbocycles. The van der Waals surface area contributed by atoms with Crippen molar-refractivity contribution in [2.24, 2.45) is 5.92 Å². The lowest BCUT2D eigenvalue weighted by atomic mass is 10.00. The van der Waals surface area contributed by atoms with Gasteiger partial charge in [-0.05, 0) is 25.3 Å². The SMILES string of the molecule is C#CCC/C=C/CN(CC)C(CC)C(C)C. The smallest absolute Gasteiger partial charge is 0.0166 e. The number of unbranched alkanes of at least 4 members (excludes halogenated alkanes) is 1. The first-order valence-corrected chi connectivity index (χ1v) is 6.49. The Morgan fingerprint density at radius 2 is 1.94 bits per heavy atom. The fourth-order valence-electron chi connectivity index (χ4n) is 2.14. The van der Waals surface area contributed by atoms with E-state index in [-0.39, 0.29) is 0 Å². The molecule has 0 fully saturated rings. The molecule has 0 spiro atoms. The van der Waals surface area contributed by atoms with Gasteiger partial charge >= 0.3 is 0 Å². The van der Waals surface area contributed by atoms with Gasteiger partial charge in [0.05, 0.1) is 0 Å². The zero-order valence-electron chi connectivity index (χ0n) is 11.4. The summed E-state index contributed by atoms with van der Waals surface area (Å²) in [6.07, 6.45) is 12.8. The summed E-state index contributed by atoms with van der Waals surface area (Å²) in [6.45, 7) is 11.3. The molecule has 0 N–H and O–H groups in total. The lowest BCUT2D eigenvalue weighted by Gasteiger charge is -2.32. The van der Waals surface area contributed by atoms with Crippen LogP contribution in [0.3, 0.4) is 0 Å². The standard InChI is InChI=1S/C15H27N/c1-6-9-10-11-12-13-16(8-3)15(7-2)14(4)5/h1,11-12,14-15H,7-10,13H2,2-5H3/b12-11+. The highest BCUT2D eigenvalue weighted by Gasteiger charge is 2.16. The second-order valence-corrected chi connectivity index (χ2v) is 4.52. The maximum atomic E-state index is 5.21. The molecule has 1 nitrogen and oxygen atoms in total. The van der Waals surface area contributed by atoms with Crippen LogP contribution < -0.4 is 0 Å². The van der Waals surface area contributed by atoms with Gasteiger partial charge in [0.2, 0.25) is 0 Å². The van der Waals surface area contributed by atoms with Crippen LogP contribution in [0, 0.1) is 18.3 Å². The van der Waals surface area contributed by atoms with E-state index in [1.165, 1.54) is 6.42 Å². The summed E-state index contributed by atoms with van der Waals surface area (Å²) < 4.78 is 0. The van der Waals surface area contributed by atoms with Gasteiger partial charge in [0.25, 0.3) is 0 Å². The predicted molar refractivity (Wildman–Crippen MR) is 73.4 cm³/mol.